The first kappa shape index (κ1) is 26.4. The van der Waals surface area contributed by atoms with Crippen LogP contribution in [-0.4, -0.2) is 34.5 Å². The van der Waals surface area contributed by atoms with Gasteiger partial charge in [0.25, 0.3) is 0 Å². The summed E-state index contributed by atoms with van der Waals surface area (Å²) in [6.07, 6.45) is 3.82. The average molecular weight is 517 g/mol. The van der Waals surface area contributed by atoms with Crippen LogP contribution in [0.4, 0.5) is 5.69 Å². The van der Waals surface area contributed by atoms with Crippen molar-refractivity contribution in [2.45, 2.75) is 45.6 Å². The van der Waals surface area contributed by atoms with E-state index in [4.69, 9.17) is 16.6 Å². The second kappa shape index (κ2) is 13.1. The summed E-state index contributed by atoms with van der Waals surface area (Å²) >= 11 is 6.15. The fourth-order valence-corrected chi connectivity index (χ4v) is 4.72. The first-order valence-corrected chi connectivity index (χ1v) is 13.2. The molecule has 6 nitrogen and oxygen atoms in total. The van der Waals surface area contributed by atoms with Crippen LogP contribution in [0.1, 0.15) is 37.6 Å². The van der Waals surface area contributed by atoms with E-state index in [0.29, 0.717) is 18.1 Å². The Morgan fingerprint density at radius 2 is 1.65 bits per heavy atom. The fraction of sp³-hybridized carbons (Fsp3) is 0.300. The maximum absolute atomic E-state index is 13.3. The van der Waals surface area contributed by atoms with E-state index in [9.17, 15) is 9.59 Å². The number of rotatable bonds is 12. The second-order valence-corrected chi connectivity index (χ2v) is 9.41. The van der Waals surface area contributed by atoms with Crippen LogP contribution in [0.2, 0.25) is 5.02 Å². The van der Waals surface area contributed by atoms with Crippen LogP contribution in [0.3, 0.4) is 0 Å². The molecule has 0 aliphatic carbocycles. The molecule has 0 bridgehead atoms. The van der Waals surface area contributed by atoms with Gasteiger partial charge >= 0.3 is 0 Å². The molecule has 0 atom stereocenters. The first-order chi connectivity index (χ1) is 18.1. The number of aromatic nitrogens is 2. The minimum Gasteiger partial charge on any atom is -0.356 e. The third-order valence-electron chi connectivity index (χ3n) is 6.42. The van der Waals surface area contributed by atoms with E-state index in [1.54, 1.807) is 6.07 Å². The molecule has 0 fully saturated rings. The number of halogens is 1. The molecule has 2 amide bonds. The van der Waals surface area contributed by atoms with E-state index in [-0.39, 0.29) is 24.8 Å². The molecule has 0 spiro atoms. The van der Waals surface area contributed by atoms with Crippen molar-refractivity contribution < 1.29 is 9.59 Å². The van der Waals surface area contributed by atoms with E-state index in [2.05, 4.69) is 9.88 Å². The summed E-state index contributed by atoms with van der Waals surface area (Å²) in [6.45, 7) is 3.47. The normalized spacial score (nSPS) is 11.0. The number of hydrogen-bond donors (Lipinski definition) is 1. The number of aryl methyl sites for hydroxylation is 1. The lowest BCUT2D eigenvalue weighted by atomic mass is 10.1. The predicted molar refractivity (Wildman–Crippen MR) is 150 cm³/mol. The lowest BCUT2D eigenvalue weighted by Crippen LogP contribution is -2.34. The highest BCUT2D eigenvalue weighted by atomic mass is 35.5. The molecule has 192 valence electrons. The monoisotopic (exact) mass is 516 g/mol. The molecule has 0 saturated carbocycles. The molecular weight excluding hydrogens is 484 g/mol. The second-order valence-electron chi connectivity index (χ2n) is 9.01. The Balaban J connectivity index is 1.31. The Labute approximate surface area is 223 Å². The van der Waals surface area contributed by atoms with Gasteiger partial charge in [-0.15, -0.1) is 0 Å². The fourth-order valence-electron chi connectivity index (χ4n) is 4.51. The van der Waals surface area contributed by atoms with Crippen LogP contribution in [0.15, 0.2) is 78.9 Å². The van der Waals surface area contributed by atoms with Crippen LogP contribution in [-0.2, 0) is 29.0 Å². The number of hydrogen-bond acceptors (Lipinski definition) is 3. The molecule has 4 aromatic rings. The largest absolute Gasteiger partial charge is 0.356 e. The minimum atomic E-state index is -0.0210. The van der Waals surface area contributed by atoms with Crippen molar-refractivity contribution in [3.05, 3.63) is 95.3 Å². The van der Waals surface area contributed by atoms with Gasteiger partial charge in [0.1, 0.15) is 12.4 Å². The number of carbonyl (C=O) groups excluding carboxylic acids is 2. The topological polar surface area (TPSA) is 67.2 Å². The minimum absolute atomic E-state index is 0.0210. The van der Waals surface area contributed by atoms with Crippen molar-refractivity contribution in [2.24, 2.45) is 0 Å². The van der Waals surface area contributed by atoms with Gasteiger partial charge in [-0.25, -0.2) is 4.98 Å². The molecule has 0 radical (unpaired) electrons. The number of para-hydroxylation sites is 3. The number of likely N-dealkylation sites (N-methyl/N-ethyl adjacent to an activating group) is 1. The molecule has 1 heterocycles. The zero-order chi connectivity index (χ0) is 26.0. The quantitative estimate of drug-likeness (QED) is 0.241. The SMILES string of the molecule is CCN(C(=O)Cn1c(CCCCCNC(=O)Cc2ccccc2Cl)nc2ccccc21)c1ccccc1. The number of amides is 2. The number of nitrogens with one attached hydrogen (secondary N) is 1. The number of imidazole rings is 1. The number of carbonyl (C=O) groups is 2. The molecule has 0 aliphatic heterocycles. The van der Waals surface area contributed by atoms with Crippen molar-refractivity contribution in [3.63, 3.8) is 0 Å². The maximum Gasteiger partial charge on any atom is 0.246 e. The maximum atomic E-state index is 13.3. The van der Waals surface area contributed by atoms with Gasteiger partial charge in [0.05, 0.1) is 17.5 Å². The molecule has 0 unspecified atom stereocenters. The van der Waals surface area contributed by atoms with Crippen LogP contribution in [0, 0.1) is 0 Å². The lowest BCUT2D eigenvalue weighted by Gasteiger charge is -2.22. The molecular formula is C30H33ClN4O2. The Morgan fingerprint density at radius 3 is 2.43 bits per heavy atom. The summed E-state index contributed by atoms with van der Waals surface area (Å²) in [5.41, 5.74) is 3.61. The molecule has 4 rings (SSSR count). The van der Waals surface area contributed by atoms with Gasteiger partial charge in [-0.3, -0.25) is 9.59 Å². The lowest BCUT2D eigenvalue weighted by molar-refractivity contribution is -0.120. The Kier molecular flexibility index (Phi) is 9.33. The summed E-state index contributed by atoms with van der Waals surface area (Å²) in [7, 11) is 0. The van der Waals surface area contributed by atoms with E-state index in [0.717, 1.165) is 53.8 Å². The van der Waals surface area contributed by atoms with Gasteiger partial charge in [0.15, 0.2) is 0 Å². The van der Waals surface area contributed by atoms with Crippen molar-refractivity contribution >= 4 is 40.1 Å². The smallest absolute Gasteiger partial charge is 0.246 e. The standard InChI is InChI=1S/C30H33ClN4O2/c1-2-34(24-14-5-3-6-15-24)30(37)22-35-27-18-11-10-17-26(27)33-28(35)19-7-4-12-20-32-29(36)21-23-13-8-9-16-25(23)31/h3,5-6,8-11,13-18H,2,4,7,12,19-22H2,1H3,(H,32,36). The summed E-state index contributed by atoms with van der Waals surface area (Å²) in [6, 6.07) is 25.1. The highest BCUT2D eigenvalue weighted by Gasteiger charge is 2.18. The number of unbranched alkanes of at least 4 members (excludes halogenated alkanes) is 2. The van der Waals surface area contributed by atoms with Crippen molar-refractivity contribution in [2.75, 3.05) is 18.0 Å². The van der Waals surface area contributed by atoms with Crippen LogP contribution in [0.5, 0.6) is 0 Å². The van der Waals surface area contributed by atoms with Gasteiger partial charge in [0.2, 0.25) is 11.8 Å². The Hall–Kier alpha value is -3.64. The van der Waals surface area contributed by atoms with Crippen molar-refractivity contribution in [1.29, 1.82) is 0 Å². The third-order valence-corrected chi connectivity index (χ3v) is 6.79. The molecule has 0 saturated heterocycles. The zero-order valence-corrected chi connectivity index (χ0v) is 22.0. The summed E-state index contributed by atoms with van der Waals surface area (Å²) < 4.78 is 2.05. The summed E-state index contributed by atoms with van der Waals surface area (Å²) in [4.78, 5) is 32.2. The van der Waals surface area contributed by atoms with E-state index in [1.165, 1.54) is 0 Å². The Morgan fingerprint density at radius 1 is 0.919 bits per heavy atom. The van der Waals surface area contributed by atoms with Gasteiger partial charge in [-0.1, -0.05) is 66.6 Å². The number of anilines is 1. The molecule has 7 heteroatoms. The number of nitrogens with zero attached hydrogens (tertiary/aromatic N) is 3. The highest BCUT2D eigenvalue weighted by molar-refractivity contribution is 6.31. The van der Waals surface area contributed by atoms with E-state index in [1.807, 2.05) is 84.6 Å². The van der Waals surface area contributed by atoms with Crippen molar-refractivity contribution in [3.8, 4) is 0 Å². The van der Waals surface area contributed by atoms with Gasteiger partial charge in [-0.05, 0) is 55.7 Å². The van der Waals surface area contributed by atoms with Gasteiger partial charge in [0, 0.05) is 30.2 Å². The van der Waals surface area contributed by atoms with Crippen LogP contribution in [0.25, 0.3) is 11.0 Å². The van der Waals surface area contributed by atoms with E-state index >= 15 is 0 Å². The molecule has 1 N–H and O–H groups in total. The number of benzene rings is 3. The highest BCUT2D eigenvalue weighted by Crippen LogP contribution is 2.20. The van der Waals surface area contributed by atoms with Crippen LogP contribution < -0.4 is 10.2 Å². The van der Waals surface area contributed by atoms with Crippen molar-refractivity contribution in [1.82, 2.24) is 14.9 Å². The average Bonchev–Trinajstić information content (AvgIpc) is 3.25. The third kappa shape index (κ3) is 6.98. The number of fused-ring (bicyclic) bond motifs is 1. The summed E-state index contributed by atoms with van der Waals surface area (Å²) in [5, 5.41) is 3.60. The predicted octanol–water partition coefficient (Wildman–Crippen LogP) is 5.81. The molecule has 3 aromatic carbocycles. The van der Waals surface area contributed by atoms with Gasteiger partial charge in [-0.2, -0.15) is 0 Å². The van der Waals surface area contributed by atoms with Gasteiger partial charge < -0.3 is 14.8 Å². The van der Waals surface area contributed by atoms with Crippen LogP contribution >= 0.6 is 11.6 Å². The van der Waals surface area contributed by atoms with E-state index < -0.39 is 0 Å². The molecule has 0 aliphatic rings. The molecule has 1 aromatic heterocycles. The molecule has 37 heavy (non-hydrogen) atoms. The first-order valence-electron chi connectivity index (χ1n) is 12.9. The Bertz CT molecular complexity index is 1340. The summed E-state index contributed by atoms with van der Waals surface area (Å²) in [5.74, 6) is 0.938. The zero-order valence-electron chi connectivity index (χ0n) is 21.2.